The van der Waals surface area contributed by atoms with E-state index in [2.05, 4.69) is 5.32 Å². The lowest BCUT2D eigenvalue weighted by Crippen LogP contribution is -2.45. The number of anilines is 1. The van der Waals surface area contributed by atoms with Gasteiger partial charge in [-0.1, -0.05) is 41.9 Å². The van der Waals surface area contributed by atoms with E-state index < -0.39 is 23.9 Å². The number of ether oxygens (including phenoxy) is 2. The number of imide groups is 1. The Bertz CT molecular complexity index is 887. The fourth-order valence-electron chi connectivity index (χ4n) is 2.94. The van der Waals surface area contributed by atoms with Crippen LogP contribution in [0.5, 0.6) is 5.75 Å². The highest BCUT2D eigenvalue weighted by atomic mass is 35.5. The fraction of sp³-hybridized carbons (Fsp3) is 0.250. The Labute approximate surface area is 167 Å². The van der Waals surface area contributed by atoms with Crippen LogP contribution in [0.15, 0.2) is 48.5 Å². The van der Waals surface area contributed by atoms with Crippen molar-refractivity contribution in [1.82, 2.24) is 4.90 Å². The predicted molar refractivity (Wildman–Crippen MR) is 103 cm³/mol. The number of hydrogen-bond donors (Lipinski definition) is 1. The van der Waals surface area contributed by atoms with Crippen molar-refractivity contribution in [1.29, 1.82) is 0 Å². The Hall–Kier alpha value is -3.06. The van der Waals surface area contributed by atoms with Crippen LogP contribution < -0.4 is 10.1 Å². The van der Waals surface area contributed by atoms with Crippen LogP contribution in [0.3, 0.4) is 0 Å². The fourth-order valence-corrected chi connectivity index (χ4v) is 3.12. The molecule has 1 saturated heterocycles. The zero-order chi connectivity index (χ0) is 20.1. The lowest BCUT2D eigenvalue weighted by atomic mass is 10.2. The summed E-state index contributed by atoms with van der Waals surface area (Å²) >= 11 is 5.97. The van der Waals surface area contributed by atoms with E-state index in [0.29, 0.717) is 16.5 Å². The maximum atomic E-state index is 12.7. The maximum Gasteiger partial charge on any atom is 0.417 e. The molecule has 1 fully saturated rings. The molecule has 0 bridgehead atoms. The number of carbonyl (C=O) groups is 3. The van der Waals surface area contributed by atoms with Gasteiger partial charge in [0.15, 0.2) is 0 Å². The topological polar surface area (TPSA) is 84.9 Å². The molecule has 3 rings (SSSR count). The number of methoxy groups -OCH3 is 1. The van der Waals surface area contributed by atoms with Gasteiger partial charge in [0.05, 0.1) is 12.8 Å². The summed E-state index contributed by atoms with van der Waals surface area (Å²) in [5.41, 5.74) is 1.14. The average Bonchev–Trinajstić information content (AvgIpc) is 3.09. The van der Waals surface area contributed by atoms with Crippen molar-refractivity contribution >= 4 is 35.2 Å². The van der Waals surface area contributed by atoms with Crippen molar-refractivity contribution in [3.63, 3.8) is 0 Å². The number of rotatable bonds is 5. The lowest BCUT2D eigenvalue weighted by Gasteiger charge is -2.22. The van der Waals surface area contributed by atoms with E-state index in [1.54, 1.807) is 24.3 Å². The molecule has 1 aliphatic rings. The Balaban J connectivity index is 1.70. The monoisotopic (exact) mass is 402 g/mol. The third-order valence-corrected chi connectivity index (χ3v) is 4.57. The number of halogens is 1. The molecular weight excluding hydrogens is 384 g/mol. The van der Waals surface area contributed by atoms with Gasteiger partial charge in [-0.2, -0.15) is 0 Å². The van der Waals surface area contributed by atoms with Crippen LogP contribution in [0.1, 0.15) is 18.4 Å². The van der Waals surface area contributed by atoms with Crippen molar-refractivity contribution in [2.24, 2.45) is 0 Å². The van der Waals surface area contributed by atoms with Gasteiger partial charge in [-0.05, 0) is 30.2 Å². The van der Waals surface area contributed by atoms with Gasteiger partial charge in [-0.3, -0.25) is 9.59 Å². The Morgan fingerprint density at radius 2 is 1.96 bits per heavy atom. The smallest absolute Gasteiger partial charge is 0.417 e. The quantitative estimate of drug-likeness (QED) is 0.825. The molecule has 3 amide bonds. The minimum Gasteiger partial charge on any atom is -0.495 e. The van der Waals surface area contributed by atoms with Gasteiger partial charge >= 0.3 is 6.09 Å². The molecule has 1 heterocycles. The van der Waals surface area contributed by atoms with Crippen LogP contribution in [0, 0.1) is 0 Å². The Morgan fingerprint density at radius 1 is 1.21 bits per heavy atom. The molecule has 28 heavy (non-hydrogen) atoms. The van der Waals surface area contributed by atoms with E-state index in [1.807, 2.05) is 18.2 Å². The first-order valence-electron chi connectivity index (χ1n) is 8.66. The normalized spacial score (nSPS) is 16.0. The SMILES string of the molecule is COc1ccc(Cl)cc1NC(=O)[C@H]1CCC(=O)N1C(=O)OCc1ccccc1. The molecule has 1 aliphatic heterocycles. The third kappa shape index (κ3) is 4.43. The number of nitrogens with one attached hydrogen (secondary N) is 1. The zero-order valence-corrected chi connectivity index (χ0v) is 15.9. The summed E-state index contributed by atoms with van der Waals surface area (Å²) in [6, 6.07) is 12.9. The first-order chi connectivity index (χ1) is 13.5. The zero-order valence-electron chi connectivity index (χ0n) is 15.2. The highest BCUT2D eigenvalue weighted by molar-refractivity contribution is 6.31. The summed E-state index contributed by atoms with van der Waals surface area (Å²) in [4.78, 5) is 38.2. The number of benzene rings is 2. The van der Waals surface area contributed by atoms with Crippen molar-refractivity contribution in [2.45, 2.75) is 25.5 Å². The number of carbonyl (C=O) groups excluding carboxylic acids is 3. The molecule has 1 N–H and O–H groups in total. The molecule has 0 saturated carbocycles. The van der Waals surface area contributed by atoms with Crippen LogP contribution >= 0.6 is 11.6 Å². The van der Waals surface area contributed by atoms with E-state index in [-0.39, 0.29) is 19.4 Å². The second-order valence-electron chi connectivity index (χ2n) is 6.19. The summed E-state index contributed by atoms with van der Waals surface area (Å²) in [5, 5.41) is 3.09. The molecule has 0 aliphatic carbocycles. The van der Waals surface area contributed by atoms with E-state index in [9.17, 15) is 14.4 Å². The summed E-state index contributed by atoms with van der Waals surface area (Å²) in [5.74, 6) is -0.542. The Kier molecular flexibility index (Phi) is 6.16. The van der Waals surface area contributed by atoms with Crippen LogP contribution in [0.4, 0.5) is 10.5 Å². The van der Waals surface area contributed by atoms with Crippen molar-refractivity contribution in [3.8, 4) is 5.75 Å². The van der Waals surface area contributed by atoms with Gasteiger partial charge in [0, 0.05) is 11.4 Å². The van der Waals surface area contributed by atoms with E-state index in [4.69, 9.17) is 21.1 Å². The molecular formula is C20H19ClN2O5. The third-order valence-electron chi connectivity index (χ3n) is 4.34. The minimum absolute atomic E-state index is 0.0138. The van der Waals surface area contributed by atoms with Crippen LogP contribution in [0.2, 0.25) is 5.02 Å². The van der Waals surface area contributed by atoms with Crippen molar-refractivity contribution in [3.05, 3.63) is 59.1 Å². The highest BCUT2D eigenvalue weighted by Crippen LogP contribution is 2.29. The Morgan fingerprint density at radius 3 is 2.68 bits per heavy atom. The molecule has 0 radical (unpaired) electrons. The minimum atomic E-state index is -0.959. The van der Waals surface area contributed by atoms with Crippen LogP contribution in [-0.4, -0.2) is 36.0 Å². The van der Waals surface area contributed by atoms with Gasteiger partial charge in [0.2, 0.25) is 11.8 Å². The van der Waals surface area contributed by atoms with Gasteiger partial charge in [-0.25, -0.2) is 9.69 Å². The summed E-state index contributed by atoms with van der Waals surface area (Å²) in [7, 11) is 1.46. The van der Waals surface area contributed by atoms with Gasteiger partial charge in [-0.15, -0.1) is 0 Å². The standard InChI is InChI=1S/C20H19ClN2O5/c1-27-17-9-7-14(21)11-15(17)22-19(25)16-8-10-18(24)23(16)20(26)28-12-13-5-3-2-4-6-13/h2-7,9,11,16H,8,10,12H2,1H3,(H,22,25)/t16-/m1/s1. The number of likely N-dealkylation sites (tertiary alicyclic amines) is 1. The second kappa shape index (κ2) is 8.75. The number of amides is 3. The van der Waals surface area contributed by atoms with Crippen LogP contribution in [-0.2, 0) is 20.9 Å². The summed E-state index contributed by atoms with van der Waals surface area (Å²) in [6.45, 7) is 0.0138. The molecule has 0 unspecified atom stereocenters. The lowest BCUT2D eigenvalue weighted by molar-refractivity contribution is -0.131. The second-order valence-corrected chi connectivity index (χ2v) is 6.63. The molecule has 7 nitrogen and oxygen atoms in total. The molecule has 0 spiro atoms. The van der Waals surface area contributed by atoms with Crippen molar-refractivity contribution < 1.29 is 23.9 Å². The molecule has 146 valence electrons. The molecule has 2 aromatic carbocycles. The van der Waals surface area contributed by atoms with Crippen molar-refractivity contribution in [2.75, 3.05) is 12.4 Å². The molecule has 1 atom stereocenters. The number of nitrogens with zero attached hydrogens (tertiary/aromatic N) is 1. The highest BCUT2D eigenvalue weighted by Gasteiger charge is 2.41. The molecule has 8 heteroatoms. The largest absolute Gasteiger partial charge is 0.495 e. The summed E-state index contributed by atoms with van der Waals surface area (Å²) in [6.07, 6.45) is -0.538. The predicted octanol–water partition coefficient (Wildman–Crippen LogP) is 3.61. The molecule has 2 aromatic rings. The first kappa shape index (κ1) is 19.7. The van der Waals surface area contributed by atoms with E-state index >= 15 is 0 Å². The molecule has 0 aromatic heterocycles. The van der Waals surface area contributed by atoms with Gasteiger partial charge < -0.3 is 14.8 Å². The number of hydrogen-bond acceptors (Lipinski definition) is 5. The van der Waals surface area contributed by atoms with E-state index in [0.717, 1.165) is 10.5 Å². The summed E-state index contributed by atoms with van der Waals surface area (Å²) < 4.78 is 10.4. The first-order valence-corrected chi connectivity index (χ1v) is 9.04. The van der Waals surface area contributed by atoms with Gasteiger partial charge in [0.25, 0.3) is 0 Å². The van der Waals surface area contributed by atoms with E-state index in [1.165, 1.54) is 13.2 Å². The average molecular weight is 403 g/mol. The maximum absolute atomic E-state index is 12.7. The van der Waals surface area contributed by atoms with Gasteiger partial charge in [0.1, 0.15) is 18.4 Å². The van der Waals surface area contributed by atoms with Crippen LogP contribution in [0.25, 0.3) is 0 Å².